The predicted octanol–water partition coefficient (Wildman–Crippen LogP) is 4.55. The van der Waals surface area contributed by atoms with Crippen LogP contribution in [-0.4, -0.2) is 52.2 Å². The van der Waals surface area contributed by atoms with E-state index in [0.717, 1.165) is 4.60 Å². The predicted molar refractivity (Wildman–Crippen MR) is 128 cm³/mol. The molecule has 1 amide bonds. The molecule has 174 valence electrons. The second-order valence-electron chi connectivity index (χ2n) is 10.3. The summed E-state index contributed by atoms with van der Waals surface area (Å²) in [5.74, 6) is 0. The normalized spacial score (nSPS) is 13.0. The topological polar surface area (TPSA) is 78.1 Å². The lowest BCUT2D eigenvalue weighted by Crippen LogP contribution is -2.44. The Morgan fingerprint density at radius 3 is 2.35 bits per heavy atom. The molecular weight excluding hydrogens is 480 g/mol. The molecule has 2 heterocycles. The van der Waals surface area contributed by atoms with Crippen LogP contribution in [0.3, 0.4) is 0 Å². The van der Waals surface area contributed by atoms with Gasteiger partial charge in [0.05, 0.1) is 18.8 Å². The number of nitrogens with zero attached hydrogens (tertiary/aromatic N) is 4. The van der Waals surface area contributed by atoms with Crippen molar-refractivity contribution in [2.75, 3.05) is 13.2 Å². The molecule has 0 fully saturated rings. The maximum Gasteiger partial charge on any atom is 0.410 e. The van der Waals surface area contributed by atoms with E-state index in [9.17, 15) is 9.59 Å². The fourth-order valence-corrected chi connectivity index (χ4v) is 4.10. The molecule has 0 unspecified atom stereocenters. The zero-order valence-electron chi connectivity index (χ0n) is 20.1. The number of amides is 1. The molecule has 0 radical (unpaired) electrons. The number of rotatable bonds is 6. The van der Waals surface area contributed by atoms with Crippen molar-refractivity contribution in [2.24, 2.45) is 7.05 Å². The van der Waals surface area contributed by atoms with Crippen LogP contribution in [0.4, 0.5) is 4.79 Å². The molecule has 0 aliphatic heterocycles. The van der Waals surface area contributed by atoms with E-state index in [4.69, 9.17) is 9.16 Å². The van der Waals surface area contributed by atoms with Gasteiger partial charge in [0, 0.05) is 25.7 Å². The van der Waals surface area contributed by atoms with Crippen LogP contribution in [0.25, 0.3) is 5.65 Å². The molecule has 0 aliphatic rings. The highest BCUT2D eigenvalue weighted by molar-refractivity contribution is 9.10. The summed E-state index contributed by atoms with van der Waals surface area (Å²) in [5.41, 5.74) is 0.173. The molecule has 0 aliphatic carbocycles. The van der Waals surface area contributed by atoms with Crippen LogP contribution in [0.5, 0.6) is 0 Å². The first-order valence-electron chi connectivity index (χ1n) is 10.4. The molecule has 0 saturated carbocycles. The molecule has 0 aromatic carbocycles. The van der Waals surface area contributed by atoms with Gasteiger partial charge in [-0.3, -0.25) is 9.48 Å². The molecule has 31 heavy (non-hydrogen) atoms. The Labute approximate surface area is 193 Å². The smallest absolute Gasteiger partial charge is 0.410 e. The number of aryl methyl sites for hydroxylation is 1. The quantitative estimate of drug-likeness (QED) is 0.528. The number of ether oxygens (including phenoxy) is 1. The van der Waals surface area contributed by atoms with Gasteiger partial charge in [-0.25, -0.2) is 9.78 Å². The summed E-state index contributed by atoms with van der Waals surface area (Å²) in [4.78, 5) is 31.6. The van der Waals surface area contributed by atoms with Gasteiger partial charge in [0.2, 0.25) is 0 Å². The summed E-state index contributed by atoms with van der Waals surface area (Å²) in [6.45, 7) is 17.3. The van der Waals surface area contributed by atoms with Crippen LogP contribution in [-0.2, 0) is 22.8 Å². The maximum absolute atomic E-state index is 12.9. The Kier molecular flexibility index (Phi) is 7.49. The molecule has 0 N–H and O–H groups in total. The number of halogens is 1. The molecular formula is C21H35BrN4O4Si. The number of aromatic nitrogens is 3. The van der Waals surface area contributed by atoms with Crippen LogP contribution in [0.1, 0.15) is 47.2 Å². The van der Waals surface area contributed by atoms with Crippen molar-refractivity contribution in [2.45, 2.75) is 71.8 Å². The lowest BCUT2D eigenvalue weighted by molar-refractivity contribution is 0.0203. The standard InChI is InChI=1S/C21H35BrN4O4Si/c1-20(2,3)30-19(28)25(10-11-29-31(8,9)21(4,5)6)14-15-12-18(27)26-17(23-15)13-16(22)24(26)7/h12-13H,10-11,14H2,1-9H3. The molecule has 10 heteroatoms. The Morgan fingerprint density at radius 1 is 1.19 bits per heavy atom. The fourth-order valence-electron chi connectivity index (χ4n) is 2.70. The van der Waals surface area contributed by atoms with Crippen molar-refractivity contribution in [1.82, 2.24) is 19.1 Å². The average Bonchev–Trinajstić information content (AvgIpc) is 2.85. The zero-order valence-corrected chi connectivity index (χ0v) is 22.7. The summed E-state index contributed by atoms with van der Waals surface area (Å²) in [7, 11) is -0.181. The van der Waals surface area contributed by atoms with Crippen LogP contribution < -0.4 is 5.56 Å². The molecule has 0 atom stereocenters. The van der Waals surface area contributed by atoms with Gasteiger partial charge in [0.25, 0.3) is 5.56 Å². The summed E-state index contributed by atoms with van der Waals surface area (Å²) < 4.78 is 15.7. The van der Waals surface area contributed by atoms with E-state index in [1.165, 1.54) is 10.6 Å². The highest BCUT2D eigenvalue weighted by atomic mass is 79.9. The first kappa shape index (κ1) is 25.6. The van der Waals surface area contributed by atoms with E-state index >= 15 is 0 Å². The molecule has 2 aromatic rings. The van der Waals surface area contributed by atoms with E-state index in [1.807, 2.05) is 20.8 Å². The monoisotopic (exact) mass is 514 g/mol. The zero-order chi connectivity index (χ0) is 23.8. The van der Waals surface area contributed by atoms with Crippen LogP contribution in [0.2, 0.25) is 18.1 Å². The van der Waals surface area contributed by atoms with Gasteiger partial charge in [0.15, 0.2) is 14.0 Å². The lowest BCUT2D eigenvalue weighted by atomic mass is 10.2. The number of hydrogen-bond acceptors (Lipinski definition) is 5. The van der Waals surface area contributed by atoms with Gasteiger partial charge in [-0.05, 0) is 54.8 Å². The Bertz CT molecular complexity index is 1000. The van der Waals surface area contributed by atoms with Gasteiger partial charge >= 0.3 is 6.09 Å². The van der Waals surface area contributed by atoms with Gasteiger partial charge in [0.1, 0.15) is 10.2 Å². The minimum absolute atomic E-state index is 0.0751. The highest BCUT2D eigenvalue weighted by Crippen LogP contribution is 2.36. The third kappa shape index (κ3) is 6.42. The number of carbonyl (C=O) groups is 1. The van der Waals surface area contributed by atoms with Gasteiger partial charge in [-0.2, -0.15) is 4.52 Å². The van der Waals surface area contributed by atoms with Crippen molar-refractivity contribution < 1.29 is 14.0 Å². The van der Waals surface area contributed by atoms with E-state index < -0.39 is 20.0 Å². The highest BCUT2D eigenvalue weighted by Gasteiger charge is 2.37. The van der Waals surface area contributed by atoms with Gasteiger partial charge in [-0.1, -0.05) is 20.8 Å². The molecule has 8 nitrogen and oxygen atoms in total. The summed E-state index contributed by atoms with van der Waals surface area (Å²) in [6.07, 6.45) is -0.456. The number of fused-ring (bicyclic) bond motifs is 1. The number of carbonyl (C=O) groups excluding carboxylic acids is 1. The maximum atomic E-state index is 12.9. The number of hydrogen-bond donors (Lipinski definition) is 0. The van der Waals surface area contributed by atoms with Crippen molar-refractivity contribution in [3.05, 3.63) is 32.8 Å². The first-order chi connectivity index (χ1) is 14.0. The van der Waals surface area contributed by atoms with Gasteiger partial charge < -0.3 is 14.1 Å². The molecule has 2 aromatic heterocycles. The molecule has 0 bridgehead atoms. The van der Waals surface area contributed by atoms with E-state index in [1.54, 1.807) is 22.7 Å². The second kappa shape index (κ2) is 9.07. The molecule has 0 saturated heterocycles. The Morgan fingerprint density at radius 2 is 1.81 bits per heavy atom. The largest absolute Gasteiger partial charge is 0.444 e. The van der Waals surface area contributed by atoms with E-state index in [2.05, 4.69) is 54.8 Å². The summed E-state index contributed by atoms with van der Waals surface area (Å²) in [6, 6.07) is 3.22. The first-order valence-corrected chi connectivity index (χ1v) is 14.1. The molecule has 0 spiro atoms. The summed E-state index contributed by atoms with van der Waals surface area (Å²) in [5, 5.41) is 0.0751. The Balaban J connectivity index is 2.26. The van der Waals surface area contributed by atoms with E-state index in [-0.39, 0.29) is 17.1 Å². The van der Waals surface area contributed by atoms with Crippen LogP contribution in [0, 0.1) is 0 Å². The third-order valence-electron chi connectivity index (χ3n) is 5.47. The fraction of sp³-hybridized carbons (Fsp3) is 0.667. The Hall–Kier alpha value is -1.65. The van der Waals surface area contributed by atoms with E-state index in [0.29, 0.717) is 24.5 Å². The minimum atomic E-state index is -1.95. The molecule has 2 rings (SSSR count). The average molecular weight is 516 g/mol. The van der Waals surface area contributed by atoms with Crippen molar-refractivity contribution in [3.8, 4) is 0 Å². The van der Waals surface area contributed by atoms with Crippen molar-refractivity contribution in [3.63, 3.8) is 0 Å². The van der Waals surface area contributed by atoms with Crippen LogP contribution >= 0.6 is 15.9 Å². The minimum Gasteiger partial charge on any atom is -0.444 e. The van der Waals surface area contributed by atoms with Crippen LogP contribution in [0.15, 0.2) is 21.5 Å². The third-order valence-corrected chi connectivity index (χ3v) is 10.7. The SMILES string of the molecule is Cn1c(Br)cc2nc(CN(CCO[Si](C)(C)C(C)(C)C)C(=O)OC(C)(C)C)cc(=O)n21. The summed E-state index contributed by atoms with van der Waals surface area (Å²) >= 11 is 3.41. The second-order valence-corrected chi connectivity index (χ2v) is 15.9. The van der Waals surface area contributed by atoms with Gasteiger partial charge in [-0.15, -0.1) is 0 Å². The van der Waals surface area contributed by atoms with Crippen molar-refractivity contribution in [1.29, 1.82) is 0 Å². The lowest BCUT2D eigenvalue weighted by Gasteiger charge is -2.37. The van der Waals surface area contributed by atoms with Crippen molar-refractivity contribution >= 4 is 36.0 Å².